The smallest absolute Gasteiger partial charge is 0.165 e. The zero-order valence-corrected chi connectivity index (χ0v) is 13.9. The van der Waals surface area contributed by atoms with E-state index >= 15 is 0 Å². The summed E-state index contributed by atoms with van der Waals surface area (Å²) in [7, 11) is 0. The van der Waals surface area contributed by atoms with Crippen LogP contribution in [0, 0.1) is 13.8 Å². The van der Waals surface area contributed by atoms with Gasteiger partial charge >= 0.3 is 0 Å². The van der Waals surface area contributed by atoms with Gasteiger partial charge in [-0.05, 0) is 31.9 Å². The Morgan fingerprint density at radius 2 is 1.70 bits per heavy atom. The third kappa shape index (κ3) is 2.87. The van der Waals surface area contributed by atoms with Gasteiger partial charge in [0.15, 0.2) is 5.75 Å². The van der Waals surface area contributed by atoms with Gasteiger partial charge in [-0.1, -0.05) is 61.4 Å². The largest absolute Gasteiger partial charge is 0.504 e. The van der Waals surface area contributed by atoms with Crippen molar-refractivity contribution < 1.29 is 5.11 Å². The van der Waals surface area contributed by atoms with Crippen molar-refractivity contribution in [3.8, 4) is 22.7 Å². The first-order valence-corrected chi connectivity index (χ1v) is 8.05. The first-order valence-electron chi connectivity index (χ1n) is 8.05. The van der Waals surface area contributed by atoms with Crippen molar-refractivity contribution in [1.29, 1.82) is 0 Å². The highest BCUT2D eigenvalue weighted by Crippen LogP contribution is 2.34. The molecule has 3 nitrogen and oxygen atoms in total. The van der Waals surface area contributed by atoms with Crippen molar-refractivity contribution in [1.82, 2.24) is 9.78 Å². The van der Waals surface area contributed by atoms with E-state index in [1.165, 1.54) is 5.56 Å². The predicted octanol–water partition coefficient (Wildman–Crippen LogP) is 4.81. The summed E-state index contributed by atoms with van der Waals surface area (Å²) >= 11 is 0. The van der Waals surface area contributed by atoms with Crippen LogP contribution < -0.4 is 0 Å². The van der Waals surface area contributed by atoms with E-state index in [0.717, 1.165) is 35.3 Å². The van der Waals surface area contributed by atoms with Crippen LogP contribution in [0.15, 0.2) is 48.5 Å². The van der Waals surface area contributed by atoms with E-state index in [2.05, 4.69) is 26.8 Å². The van der Waals surface area contributed by atoms with Gasteiger partial charge in [0.2, 0.25) is 0 Å². The van der Waals surface area contributed by atoms with Crippen LogP contribution in [-0.4, -0.2) is 14.9 Å². The Balaban J connectivity index is 2.18. The number of hydrogen-bond donors (Lipinski definition) is 1. The lowest BCUT2D eigenvalue weighted by molar-refractivity contribution is 0.468. The van der Waals surface area contributed by atoms with Crippen LogP contribution in [0.2, 0.25) is 0 Å². The summed E-state index contributed by atoms with van der Waals surface area (Å²) in [5.74, 6) is 0.291. The van der Waals surface area contributed by atoms with Gasteiger partial charge in [-0.3, -0.25) is 0 Å². The van der Waals surface area contributed by atoms with Gasteiger partial charge in [0.1, 0.15) is 5.69 Å². The molecule has 0 aliphatic carbocycles. The van der Waals surface area contributed by atoms with Crippen LogP contribution >= 0.6 is 0 Å². The number of hydrogen-bond acceptors (Lipinski definition) is 2. The number of rotatable bonds is 4. The molecule has 0 saturated heterocycles. The van der Waals surface area contributed by atoms with Crippen molar-refractivity contribution in [2.75, 3.05) is 0 Å². The molecule has 1 heterocycles. The molecule has 2 aromatic carbocycles. The highest BCUT2D eigenvalue weighted by atomic mass is 16.3. The van der Waals surface area contributed by atoms with E-state index < -0.39 is 0 Å². The molecule has 118 valence electrons. The molecule has 0 aliphatic rings. The molecule has 1 aromatic heterocycles. The summed E-state index contributed by atoms with van der Waals surface area (Å²) in [5, 5.41) is 15.5. The van der Waals surface area contributed by atoms with Crippen LogP contribution in [0.5, 0.6) is 5.75 Å². The Hall–Kier alpha value is -2.55. The maximum absolute atomic E-state index is 10.7. The second-order valence-corrected chi connectivity index (χ2v) is 5.96. The fourth-order valence-corrected chi connectivity index (χ4v) is 2.81. The van der Waals surface area contributed by atoms with Crippen LogP contribution in [0.25, 0.3) is 16.9 Å². The van der Waals surface area contributed by atoms with Gasteiger partial charge in [-0.2, -0.15) is 5.10 Å². The molecule has 3 heteroatoms. The molecule has 3 aromatic rings. The summed E-state index contributed by atoms with van der Waals surface area (Å²) in [4.78, 5) is 0. The highest BCUT2D eigenvalue weighted by molar-refractivity contribution is 5.68. The van der Waals surface area contributed by atoms with Crippen LogP contribution in [0.1, 0.15) is 30.2 Å². The van der Waals surface area contributed by atoms with Crippen LogP contribution in [0.3, 0.4) is 0 Å². The second-order valence-electron chi connectivity index (χ2n) is 5.96. The van der Waals surface area contributed by atoms with Crippen molar-refractivity contribution in [3.63, 3.8) is 0 Å². The highest BCUT2D eigenvalue weighted by Gasteiger charge is 2.19. The SMILES string of the molecule is CCCc1c(O)c(-c2ccc(C)cc2)nn1-c1ccccc1C. The molecule has 3 rings (SSSR count). The third-order valence-electron chi connectivity index (χ3n) is 4.11. The lowest BCUT2D eigenvalue weighted by Gasteiger charge is -2.09. The zero-order chi connectivity index (χ0) is 16.4. The minimum absolute atomic E-state index is 0.291. The van der Waals surface area contributed by atoms with Gasteiger partial charge in [-0.25, -0.2) is 4.68 Å². The molecule has 0 saturated carbocycles. The van der Waals surface area contributed by atoms with Crippen LogP contribution in [-0.2, 0) is 6.42 Å². The van der Waals surface area contributed by atoms with Gasteiger partial charge in [-0.15, -0.1) is 0 Å². The van der Waals surface area contributed by atoms with E-state index in [0.29, 0.717) is 11.4 Å². The fourth-order valence-electron chi connectivity index (χ4n) is 2.81. The maximum Gasteiger partial charge on any atom is 0.165 e. The molecule has 0 radical (unpaired) electrons. The molecule has 0 bridgehead atoms. The Morgan fingerprint density at radius 1 is 1.00 bits per heavy atom. The topological polar surface area (TPSA) is 38.1 Å². The summed E-state index contributed by atoms with van der Waals surface area (Å²) < 4.78 is 1.89. The third-order valence-corrected chi connectivity index (χ3v) is 4.11. The number of nitrogens with zero attached hydrogens (tertiary/aromatic N) is 2. The summed E-state index contributed by atoms with van der Waals surface area (Å²) in [6.45, 7) is 6.23. The standard InChI is InChI=1S/C20H22N2O/c1-4-7-18-20(23)19(16-12-10-14(2)11-13-16)21-22(18)17-9-6-5-8-15(17)3/h5-6,8-13,23H,4,7H2,1-3H3. The van der Waals surface area contributed by atoms with E-state index in [-0.39, 0.29) is 0 Å². The average molecular weight is 306 g/mol. The van der Waals surface area contributed by atoms with Gasteiger partial charge < -0.3 is 5.11 Å². The van der Waals surface area contributed by atoms with E-state index in [1.807, 2.05) is 47.1 Å². The molecule has 1 N–H and O–H groups in total. The lowest BCUT2D eigenvalue weighted by atomic mass is 10.1. The first kappa shape index (κ1) is 15.3. The Bertz CT molecular complexity index is 816. The van der Waals surface area contributed by atoms with Crippen molar-refractivity contribution in [2.45, 2.75) is 33.6 Å². The summed E-state index contributed by atoms with van der Waals surface area (Å²) in [5.41, 5.74) is 5.82. The Kier molecular flexibility index (Phi) is 4.20. The summed E-state index contributed by atoms with van der Waals surface area (Å²) in [6, 6.07) is 16.2. The van der Waals surface area contributed by atoms with Gasteiger partial charge in [0.05, 0.1) is 11.4 Å². The van der Waals surface area contributed by atoms with Crippen molar-refractivity contribution in [3.05, 3.63) is 65.4 Å². The lowest BCUT2D eigenvalue weighted by Crippen LogP contribution is -2.04. The van der Waals surface area contributed by atoms with Gasteiger partial charge in [0, 0.05) is 5.56 Å². The predicted molar refractivity (Wildman–Crippen MR) is 94.1 cm³/mol. The van der Waals surface area contributed by atoms with E-state index in [1.54, 1.807) is 0 Å². The maximum atomic E-state index is 10.7. The minimum atomic E-state index is 0.291. The zero-order valence-electron chi connectivity index (χ0n) is 13.9. The van der Waals surface area contributed by atoms with Crippen LogP contribution in [0.4, 0.5) is 0 Å². The minimum Gasteiger partial charge on any atom is -0.504 e. The summed E-state index contributed by atoms with van der Waals surface area (Å²) in [6.07, 6.45) is 1.75. The van der Waals surface area contributed by atoms with E-state index in [4.69, 9.17) is 5.10 Å². The fraction of sp³-hybridized carbons (Fsp3) is 0.250. The number of aromatic nitrogens is 2. The normalized spacial score (nSPS) is 10.9. The second kappa shape index (κ2) is 6.29. The average Bonchev–Trinajstić information content (AvgIpc) is 2.86. The molecule has 0 spiro atoms. The molecule has 0 atom stereocenters. The van der Waals surface area contributed by atoms with E-state index in [9.17, 15) is 5.11 Å². The molecule has 0 aliphatic heterocycles. The molecule has 0 unspecified atom stereocenters. The molecular formula is C20H22N2O. The molecular weight excluding hydrogens is 284 g/mol. The number of aryl methyl sites for hydroxylation is 2. The number of para-hydroxylation sites is 1. The quantitative estimate of drug-likeness (QED) is 0.751. The monoisotopic (exact) mass is 306 g/mol. The van der Waals surface area contributed by atoms with Gasteiger partial charge in [0.25, 0.3) is 0 Å². The Labute approximate surface area is 137 Å². The van der Waals surface area contributed by atoms with Crippen molar-refractivity contribution >= 4 is 0 Å². The molecule has 0 fully saturated rings. The Morgan fingerprint density at radius 3 is 2.35 bits per heavy atom. The molecule has 23 heavy (non-hydrogen) atoms. The first-order chi connectivity index (χ1) is 11.1. The molecule has 0 amide bonds. The number of aromatic hydroxyl groups is 1. The number of benzene rings is 2. The van der Waals surface area contributed by atoms with Crippen molar-refractivity contribution in [2.24, 2.45) is 0 Å².